The van der Waals surface area contributed by atoms with Crippen LogP contribution in [-0.2, 0) is 61.6 Å². The van der Waals surface area contributed by atoms with E-state index in [1.54, 1.807) is 75.1 Å². The van der Waals surface area contributed by atoms with Crippen molar-refractivity contribution in [3.63, 3.8) is 0 Å². The van der Waals surface area contributed by atoms with Gasteiger partial charge in [0, 0.05) is 157 Å². The van der Waals surface area contributed by atoms with Gasteiger partial charge in [0.1, 0.15) is 43.7 Å². The van der Waals surface area contributed by atoms with Crippen LogP contribution in [0.2, 0.25) is 0 Å². The second-order valence-corrected chi connectivity index (χ2v) is 26.5. The molecule has 1 fully saturated rings. The summed E-state index contributed by atoms with van der Waals surface area (Å²) >= 11 is 6.76. The van der Waals surface area contributed by atoms with Crippen molar-refractivity contribution in [3.8, 4) is 5.75 Å². The topological polar surface area (TPSA) is 321 Å². The molecule has 16 heterocycles. The monoisotopic (exact) mass is 1420 g/mol. The third kappa shape index (κ3) is 20.1. The van der Waals surface area contributed by atoms with Crippen LogP contribution in [-0.4, -0.2) is 213 Å². The molecule has 2 aromatic carbocycles. The molecule has 28 nitrogen and oxygen atoms in total. The van der Waals surface area contributed by atoms with Crippen LogP contribution in [0.5, 0.6) is 5.75 Å². The quantitative estimate of drug-likeness (QED) is 0.0858. The van der Waals surface area contributed by atoms with E-state index in [2.05, 4.69) is 43.8 Å². The molecule has 536 valence electrons. The molecule has 30 heteroatoms. The van der Waals surface area contributed by atoms with Gasteiger partial charge in [0.2, 0.25) is 23.6 Å². The lowest BCUT2D eigenvalue weighted by Gasteiger charge is -2.33. The normalized spacial score (nSPS) is 18.7. The van der Waals surface area contributed by atoms with Gasteiger partial charge in [-0.2, -0.15) is 0 Å². The number of nitrogens with zero attached hydrogens (tertiary/aromatic N) is 8. The average Bonchev–Trinajstić information content (AvgIpc) is 1.12. The molecule has 0 spiro atoms. The van der Waals surface area contributed by atoms with Crippen molar-refractivity contribution in [2.24, 2.45) is 0 Å². The van der Waals surface area contributed by atoms with E-state index in [4.69, 9.17) is 21.7 Å². The molecule has 7 N–H and O–H groups in total. The van der Waals surface area contributed by atoms with E-state index in [1.165, 1.54) is 45.0 Å². The van der Waals surface area contributed by atoms with Crippen molar-refractivity contribution in [2.75, 3.05) is 124 Å². The minimum atomic E-state index is -0.737. The van der Waals surface area contributed by atoms with Gasteiger partial charge < -0.3 is 65.3 Å². The molecule has 8 bridgehead atoms. The zero-order chi connectivity index (χ0) is 72.3. The maximum absolute atomic E-state index is 14.5. The molecule has 8 amide bonds. The molecule has 0 radical (unpaired) electrons. The SMILES string of the molecule is C=C1C(OCc2ccccc2)=C2C=C(C)N1CC(=O)NCCN1CCNC(=O)Cn3ccc(c(OCc4ccccc4)c3=O)C(=O)NCCN(CCNC2=O)CCNC(=O)c2cc(C)n(c(=O)c2C)CC(=O)NCCN(CCNC(=O)Cn2c(C)cc(C(=O)N3CCSC3=S)c(C)c2=O)CC1. The number of pyridine rings is 3. The number of aryl methyl sites for hydroxylation is 2. The summed E-state index contributed by atoms with van der Waals surface area (Å²) in [5, 5.41) is 20.6. The Morgan fingerprint density at radius 3 is 1.77 bits per heavy atom. The average molecular weight is 1420 g/mol. The Kier molecular flexibility index (Phi) is 26.7. The van der Waals surface area contributed by atoms with Gasteiger partial charge in [-0.1, -0.05) is 91.2 Å². The summed E-state index contributed by atoms with van der Waals surface area (Å²) in [4.78, 5) is 163. The molecule has 2 unspecified atom stereocenters. The minimum absolute atomic E-state index is 0.0112. The first kappa shape index (κ1) is 75.2. The number of thiocarbonyl (C=S) groups is 1. The number of hydrogen-bond donors (Lipinski definition) is 7. The number of amides is 8. The largest absolute Gasteiger partial charge is 0.486 e. The van der Waals surface area contributed by atoms with Gasteiger partial charge >= 0.3 is 0 Å². The van der Waals surface area contributed by atoms with Crippen LogP contribution in [0, 0.1) is 27.7 Å². The van der Waals surface area contributed by atoms with E-state index in [-0.39, 0.29) is 187 Å². The number of aromatic nitrogens is 3. The van der Waals surface area contributed by atoms with E-state index in [9.17, 15) is 52.7 Å². The Morgan fingerprint density at radius 2 is 1.15 bits per heavy atom. The second-order valence-electron chi connectivity index (χ2n) is 24.8. The van der Waals surface area contributed by atoms with Crippen molar-refractivity contribution >= 4 is 75.6 Å². The number of hydrogen-bond acceptors (Lipinski definition) is 19. The second kappa shape index (κ2) is 35.9. The summed E-state index contributed by atoms with van der Waals surface area (Å²) in [5.41, 5.74) is 1.95. The highest BCUT2D eigenvalue weighted by atomic mass is 32.2. The van der Waals surface area contributed by atoms with Crippen molar-refractivity contribution in [3.05, 3.63) is 202 Å². The molecule has 13 aliphatic heterocycles. The van der Waals surface area contributed by atoms with Crippen LogP contribution in [0.25, 0.3) is 0 Å². The Bertz CT molecular complexity index is 4230. The van der Waals surface area contributed by atoms with Crippen molar-refractivity contribution < 1.29 is 47.8 Å². The minimum Gasteiger partial charge on any atom is -0.486 e. The lowest BCUT2D eigenvalue weighted by atomic mass is 10.0. The van der Waals surface area contributed by atoms with Crippen LogP contribution in [0.3, 0.4) is 0 Å². The van der Waals surface area contributed by atoms with Gasteiger partial charge in [-0.05, 0) is 70.0 Å². The third-order valence-electron chi connectivity index (χ3n) is 17.7. The maximum atomic E-state index is 14.5. The van der Waals surface area contributed by atoms with Gasteiger partial charge in [-0.25, -0.2) is 0 Å². The lowest BCUT2D eigenvalue weighted by molar-refractivity contribution is -0.122. The van der Waals surface area contributed by atoms with Crippen molar-refractivity contribution in [1.82, 2.24) is 75.4 Å². The van der Waals surface area contributed by atoms with Gasteiger partial charge in [-0.3, -0.25) is 72.3 Å². The maximum Gasteiger partial charge on any atom is 0.294 e. The Hall–Kier alpha value is -10.0. The predicted molar refractivity (Wildman–Crippen MR) is 385 cm³/mol. The number of carbonyl (C=O) groups is 8. The van der Waals surface area contributed by atoms with Crippen LogP contribution >= 0.6 is 24.0 Å². The highest BCUT2D eigenvalue weighted by Gasteiger charge is 2.31. The summed E-state index contributed by atoms with van der Waals surface area (Å²) in [7, 11) is 0. The molecule has 1 saturated heterocycles. The van der Waals surface area contributed by atoms with Gasteiger partial charge in [0.25, 0.3) is 40.3 Å². The number of nitrogens with one attached hydrogen (secondary N) is 7. The Labute approximate surface area is 594 Å². The van der Waals surface area contributed by atoms with Gasteiger partial charge in [0.15, 0.2) is 11.5 Å². The number of carbonyl (C=O) groups excluding carboxylic acids is 8. The molecule has 3 aromatic heterocycles. The van der Waals surface area contributed by atoms with E-state index in [1.807, 2.05) is 51.1 Å². The first-order valence-electron chi connectivity index (χ1n) is 33.5. The van der Waals surface area contributed by atoms with E-state index >= 15 is 0 Å². The van der Waals surface area contributed by atoms with Gasteiger partial charge in [0.05, 0.1) is 22.4 Å². The predicted octanol–water partition coefficient (Wildman–Crippen LogP) is 1.04. The molecule has 5 aromatic rings. The number of rotatable bonds is 12. The molecule has 13 aliphatic rings. The van der Waals surface area contributed by atoms with Crippen LogP contribution in [0.1, 0.15) is 71.6 Å². The van der Waals surface area contributed by atoms with Crippen LogP contribution in [0.15, 0.2) is 135 Å². The highest BCUT2D eigenvalue weighted by molar-refractivity contribution is 8.23. The van der Waals surface area contributed by atoms with Crippen LogP contribution < -0.4 is 58.6 Å². The molecular weight excluding hydrogens is 1340 g/mol. The third-order valence-corrected chi connectivity index (χ3v) is 19.2. The number of allylic oxidation sites excluding steroid dienone is 1. The van der Waals surface area contributed by atoms with Gasteiger partial charge in [-0.15, -0.1) is 0 Å². The molecular formula is C71H87N15O13S2. The number of benzene rings is 2. The zero-order valence-electron chi connectivity index (χ0n) is 57.5. The summed E-state index contributed by atoms with van der Waals surface area (Å²) in [5.74, 6) is -3.46. The van der Waals surface area contributed by atoms with E-state index in [0.29, 0.717) is 52.4 Å². The summed E-state index contributed by atoms with van der Waals surface area (Å²) in [6.45, 7) is 14.0. The number of thioether (sulfide) groups is 1. The standard InChI is InChI=1S/C71H87N15O13S2/c1-46-39-57-62(98-44-52-13-9-7-10-14-52)51(6)84(46)41-59(88)73-19-27-80-26-18-72-58(87)40-82-25-17-54(63(70(82)97)99-45-53-15-11-8-12-16-53)64(91)76-22-30-79(32-24-78-66(57)93)31-23-77-65(92)55-37-47(2)85(67(94)49(55)4)42-60(89)74-20-28-81(34-33-80)29-21-75-61(90)43-86-48(3)38-56(50(5)68(86)95)69(96)83-35-36-101-71(83)100/h7-17,25,37-39H,6,18-24,26-36,40-45H2,1-5H3,(H,72,87)(H,73,88)(H,74,89)(H,75,90)(H,76,91)(H,77,92)(H,78,93). The molecule has 18 rings (SSSR count). The molecule has 0 saturated carbocycles. The lowest BCUT2D eigenvalue weighted by Crippen LogP contribution is -2.47. The molecule has 101 heavy (non-hydrogen) atoms. The summed E-state index contributed by atoms with van der Waals surface area (Å²) in [6.07, 6.45) is 2.97. The number of ether oxygens (including phenoxy) is 2. The molecule has 0 aliphatic carbocycles. The molecule has 2 atom stereocenters. The van der Waals surface area contributed by atoms with E-state index in [0.717, 1.165) is 10.1 Å². The Morgan fingerprint density at radius 1 is 0.584 bits per heavy atom. The summed E-state index contributed by atoms with van der Waals surface area (Å²) < 4.78 is 16.7. The first-order chi connectivity index (χ1) is 48.5. The van der Waals surface area contributed by atoms with Crippen molar-refractivity contribution in [1.29, 1.82) is 0 Å². The Balaban J connectivity index is 1.03. The van der Waals surface area contributed by atoms with Crippen LogP contribution in [0.4, 0.5) is 0 Å². The van der Waals surface area contributed by atoms with Crippen molar-refractivity contribution in [2.45, 2.75) is 67.5 Å². The smallest absolute Gasteiger partial charge is 0.294 e. The first-order valence-corrected chi connectivity index (χ1v) is 34.9. The fourth-order valence-electron chi connectivity index (χ4n) is 11.9. The fraction of sp³-hybridized carbons (Fsp3) is 0.408. The summed E-state index contributed by atoms with van der Waals surface area (Å²) in [6, 6.07) is 22.9. The fourth-order valence-corrected chi connectivity index (χ4v) is 13.2. The zero-order valence-corrected chi connectivity index (χ0v) is 59.2. The highest BCUT2D eigenvalue weighted by Crippen LogP contribution is 2.31. The van der Waals surface area contributed by atoms with E-state index < -0.39 is 58.7 Å².